The minimum atomic E-state index is -4.53. The van der Waals surface area contributed by atoms with Gasteiger partial charge in [0, 0.05) is 17.3 Å². The van der Waals surface area contributed by atoms with Crippen molar-refractivity contribution >= 4 is 40.0 Å². The van der Waals surface area contributed by atoms with E-state index in [9.17, 15) is 28.0 Å². The number of hydrogen-bond acceptors (Lipinski definition) is 7. The Bertz CT molecular complexity index is 1300. The third kappa shape index (κ3) is 7.31. The molecule has 1 heterocycles. The fourth-order valence-corrected chi connectivity index (χ4v) is 3.40. The van der Waals surface area contributed by atoms with Crippen molar-refractivity contribution in [1.29, 1.82) is 5.26 Å². The highest BCUT2D eigenvalue weighted by Crippen LogP contribution is 2.31. The smallest absolute Gasteiger partial charge is 0.416 e. The number of benzene rings is 2. The van der Waals surface area contributed by atoms with Crippen molar-refractivity contribution in [3.63, 3.8) is 0 Å². The Morgan fingerprint density at radius 3 is 2.61 bits per heavy atom. The van der Waals surface area contributed by atoms with Gasteiger partial charge in [-0.25, -0.2) is 4.98 Å². The predicted octanol–water partition coefficient (Wildman–Crippen LogP) is 5.12. The Kier molecular flexibility index (Phi) is 8.64. The molecule has 0 aliphatic heterocycles. The maximum absolute atomic E-state index is 12.9. The van der Waals surface area contributed by atoms with E-state index in [4.69, 9.17) is 9.47 Å². The number of nitrogens with one attached hydrogen (secondary N) is 2. The molecule has 0 bridgehead atoms. The van der Waals surface area contributed by atoms with Crippen molar-refractivity contribution in [3.05, 3.63) is 70.7 Å². The summed E-state index contributed by atoms with van der Waals surface area (Å²) in [6.45, 7) is 1.50. The average Bonchev–Trinajstić information content (AvgIpc) is 3.34. The summed E-state index contributed by atoms with van der Waals surface area (Å²) in [5.41, 5.74) is -0.614. The molecular formula is C24H19F3N4O4S. The second-order valence-electron chi connectivity index (χ2n) is 7.02. The number of halogens is 3. The lowest BCUT2D eigenvalue weighted by atomic mass is 10.1. The summed E-state index contributed by atoms with van der Waals surface area (Å²) >= 11 is 1.21. The molecule has 0 spiro atoms. The van der Waals surface area contributed by atoms with Gasteiger partial charge in [-0.15, -0.1) is 11.3 Å². The molecule has 0 aliphatic carbocycles. The lowest BCUT2D eigenvalue weighted by molar-refractivity contribution is -0.137. The van der Waals surface area contributed by atoms with Crippen LogP contribution < -0.4 is 20.1 Å². The van der Waals surface area contributed by atoms with E-state index in [-0.39, 0.29) is 29.4 Å². The lowest BCUT2D eigenvalue weighted by Gasteiger charge is -2.13. The van der Waals surface area contributed by atoms with E-state index >= 15 is 0 Å². The Labute approximate surface area is 208 Å². The first-order valence-electron chi connectivity index (χ1n) is 10.4. The molecule has 8 nitrogen and oxygen atoms in total. The summed E-state index contributed by atoms with van der Waals surface area (Å²) in [6.07, 6.45) is -1.66. The molecule has 186 valence electrons. The first-order chi connectivity index (χ1) is 17.2. The molecule has 12 heteroatoms. The van der Waals surface area contributed by atoms with Crippen molar-refractivity contribution in [2.75, 3.05) is 23.8 Å². The van der Waals surface area contributed by atoms with Crippen molar-refractivity contribution in [1.82, 2.24) is 4.98 Å². The van der Waals surface area contributed by atoms with Gasteiger partial charge < -0.3 is 14.8 Å². The minimum absolute atomic E-state index is 0.0241. The average molecular weight is 517 g/mol. The number of alkyl halides is 3. The number of anilines is 2. The fraction of sp³-hybridized carbons (Fsp3) is 0.167. The van der Waals surface area contributed by atoms with Gasteiger partial charge in [0.25, 0.3) is 11.8 Å². The third-order valence-electron chi connectivity index (χ3n) is 4.43. The summed E-state index contributed by atoms with van der Waals surface area (Å²) in [6, 6.07) is 10.6. The van der Waals surface area contributed by atoms with Crippen LogP contribution in [0.3, 0.4) is 0 Å². The van der Waals surface area contributed by atoms with Gasteiger partial charge in [0.05, 0.1) is 12.2 Å². The molecule has 1 aromatic heterocycles. The van der Waals surface area contributed by atoms with Crippen LogP contribution in [0.25, 0.3) is 6.08 Å². The first kappa shape index (κ1) is 26.2. The highest BCUT2D eigenvalue weighted by molar-refractivity contribution is 7.13. The summed E-state index contributed by atoms with van der Waals surface area (Å²) in [4.78, 5) is 28.5. The highest BCUT2D eigenvalue weighted by Gasteiger charge is 2.30. The first-order valence-corrected chi connectivity index (χ1v) is 11.3. The number of rotatable bonds is 9. The molecule has 0 saturated heterocycles. The normalized spacial score (nSPS) is 11.4. The van der Waals surface area contributed by atoms with Crippen LogP contribution in [0.2, 0.25) is 0 Å². The maximum Gasteiger partial charge on any atom is 0.416 e. The van der Waals surface area contributed by atoms with E-state index in [1.54, 1.807) is 18.4 Å². The Morgan fingerprint density at radius 1 is 1.14 bits per heavy atom. The molecule has 3 rings (SSSR count). The predicted molar refractivity (Wildman–Crippen MR) is 128 cm³/mol. The van der Waals surface area contributed by atoms with E-state index in [0.29, 0.717) is 10.7 Å². The lowest BCUT2D eigenvalue weighted by Crippen LogP contribution is -2.20. The summed E-state index contributed by atoms with van der Waals surface area (Å²) < 4.78 is 49.6. The standard InChI is InChI=1S/C24H19F3N4O4S/c1-2-34-20-11-15(10-16(13-28)22(33)31-23-29-8-9-36-23)6-7-19(20)35-14-21(32)30-18-5-3-4-17(12-18)24(25,26)27/h3-12H,2,14H2,1H3,(H,30,32)(H,29,31,33). The second kappa shape index (κ2) is 11.9. The Hall–Kier alpha value is -4.37. The molecule has 0 fully saturated rings. The Balaban J connectivity index is 1.69. The minimum Gasteiger partial charge on any atom is -0.490 e. The SMILES string of the molecule is CCOc1cc(C=C(C#N)C(=O)Nc2nccs2)ccc1OCC(=O)Nc1cccc(C(F)(F)F)c1. The van der Waals surface area contributed by atoms with Gasteiger partial charge in [-0.2, -0.15) is 18.4 Å². The molecule has 0 aliphatic rings. The molecular weight excluding hydrogens is 497 g/mol. The number of aromatic nitrogens is 1. The second-order valence-corrected chi connectivity index (χ2v) is 7.91. The molecule has 3 aromatic rings. The zero-order valence-corrected chi connectivity index (χ0v) is 19.6. The number of amides is 2. The zero-order chi connectivity index (χ0) is 26.1. The number of ether oxygens (including phenoxy) is 2. The molecule has 2 aromatic carbocycles. The van der Waals surface area contributed by atoms with E-state index in [2.05, 4.69) is 15.6 Å². The van der Waals surface area contributed by atoms with Gasteiger partial charge in [-0.05, 0) is 48.9 Å². The third-order valence-corrected chi connectivity index (χ3v) is 5.12. The van der Waals surface area contributed by atoms with Gasteiger partial charge in [-0.3, -0.25) is 14.9 Å². The number of carbonyl (C=O) groups excluding carboxylic acids is 2. The van der Waals surface area contributed by atoms with Crippen LogP contribution in [0.1, 0.15) is 18.1 Å². The number of thiazole rings is 1. The van der Waals surface area contributed by atoms with Gasteiger partial charge in [0.1, 0.15) is 11.6 Å². The van der Waals surface area contributed by atoms with Crippen LogP contribution in [0.5, 0.6) is 11.5 Å². The van der Waals surface area contributed by atoms with E-state index in [1.807, 2.05) is 6.07 Å². The number of carbonyl (C=O) groups is 2. The van der Waals surface area contributed by atoms with Gasteiger partial charge in [0.15, 0.2) is 23.2 Å². The van der Waals surface area contributed by atoms with Crippen LogP contribution in [0, 0.1) is 11.3 Å². The van der Waals surface area contributed by atoms with E-state index in [1.165, 1.54) is 47.9 Å². The molecule has 2 amide bonds. The van der Waals surface area contributed by atoms with Crippen LogP contribution in [0.15, 0.2) is 59.6 Å². The van der Waals surface area contributed by atoms with Crippen molar-refractivity contribution in [2.45, 2.75) is 13.1 Å². The summed E-state index contributed by atoms with van der Waals surface area (Å²) in [5, 5.41) is 16.3. The van der Waals surface area contributed by atoms with Crippen molar-refractivity contribution in [2.24, 2.45) is 0 Å². The summed E-state index contributed by atoms with van der Waals surface area (Å²) in [5.74, 6) is -0.863. The molecule has 0 saturated carbocycles. The molecule has 36 heavy (non-hydrogen) atoms. The molecule has 2 N–H and O–H groups in total. The monoisotopic (exact) mass is 516 g/mol. The highest BCUT2D eigenvalue weighted by atomic mass is 32.1. The number of nitriles is 1. The zero-order valence-electron chi connectivity index (χ0n) is 18.8. The number of hydrogen-bond donors (Lipinski definition) is 2. The van der Waals surface area contributed by atoms with Gasteiger partial charge >= 0.3 is 6.18 Å². The maximum atomic E-state index is 12.9. The van der Waals surface area contributed by atoms with Crippen LogP contribution >= 0.6 is 11.3 Å². The fourth-order valence-electron chi connectivity index (χ4n) is 2.88. The molecule has 0 radical (unpaired) electrons. The van der Waals surface area contributed by atoms with Crippen LogP contribution in [-0.2, 0) is 15.8 Å². The Morgan fingerprint density at radius 2 is 1.94 bits per heavy atom. The largest absolute Gasteiger partial charge is 0.490 e. The molecule has 0 unspecified atom stereocenters. The molecule has 0 atom stereocenters. The number of nitrogens with zero attached hydrogens (tertiary/aromatic N) is 2. The van der Waals surface area contributed by atoms with Crippen LogP contribution in [0.4, 0.5) is 24.0 Å². The van der Waals surface area contributed by atoms with Crippen LogP contribution in [-0.4, -0.2) is 30.0 Å². The van der Waals surface area contributed by atoms with Crippen molar-refractivity contribution < 1.29 is 32.2 Å². The van der Waals surface area contributed by atoms with E-state index < -0.39 is 30.2 Å². The van der Waals surface area contributed by atoms with Crippen molar-refractivity contribution in [3.8, 4) is 17.6 Å². The van der Waals surface area contributed by atoms with E-state index in [0.717, 1.165) is 12.1 Å². The van der Waals surface area contributed by atoms with Gasteiger partial charge in [-0.1, -0.05) is 12.1 Å². The van der Waals surface area contributed by atoms with Gasteiger partial charge in [0.2, 0.25) is 0 Å². The quantitative estimate of drug-likeness (QED) is 0.301. The topological polar surface area (TPSA) is 113 Å². The summed E-state index contributed by atoms with van der Waals surface area (Å²) in [7, 11) is 0.